The van der Waals surface area contributed by atoms with Crippen LogP contribution < -0.4 is 10.6 Å². The van der Waals surface area contributed by atoms with Crippen molar-refractivity contribution in [2.75, 3.05) is 17.7 Å². The first-order valence-corrected chi connectivity index (χ1v) is 7.47. The average Bonchev–Trinajstić information content (AvgIpc) is 2.93. The number of para-hydroxylation sites is 1. The van der Waals surface area contributed by atoms with Crippen molar-refractivity contribution < 1.29 is 10.0 Å². The Labute approximate surface area is 122 Å². The monoisotopic (exact) mass is 293 g/mol. The van der Waals surface area contributed by atoms with Crippen LogP contribution in [0.4, 0.5) is 5.69 Å². The molecule has 1 aliphatic heterocycles. The second kappa shape index (κ2) is 5.75. The zero-order valence-corrected chi connectivity index (χ0v) is 12.5. The van der Waals surface area contributed by atoms with Crippen LogP contribution in [0.2, 0.25) is 0 Å². The van der Waals surface area contributed by atoms with Gasteiger partial charge in [0.05, 0.1) is 10.4 Å². The number of hydrogen-bond donors (Lipinski definition) is 2. The molecule has 20 heavy (non-hydrogen) atoms. The Morgan fingerprint density at radius 3 is 2.80 bits per heavy atom. The van der Waals surface area contributed by atoms with Crippen LogP contribution in [0.1, 0.15) is 25.3 Å². The standard InChI is InChI=1S/C14H19N3O2S/c1-14(8-5-9-20-14)13(18)17(2)11-7-4-3-6-10(11)12(15)16-19/h3-4,6-7,19H,5,8-9H2,1-2H3,(H2,15,16). The van der Waals surface area contributed by atoms with Gasteiger partial charge in [0.1, 0.15) is 0 Å². The van der Waals surface area contributed by atoms with Crippen LogP contribution in [0, 0.1) is 0 Å². The largest absolute Gasteiger partial charge is 0.409 e. The lowest BCUT2D eigenvalue weighted by Gasteiger charge is -2.29. The number of oxime groups is 1. The Bertz CT molecular complexity index is 539. The predicted molar refractivity (Wildman–Crippen MR) is 82.5 cm³/mol. The molecule has 0 radical (unpaired) electrons. The predicted octanol–water partition coefficient (Wildman–Crippen LogP) is 2.03. The maximum atomic E-state index is 12.7. The maximum absolute atomic E-state index is 12.7. The number of amidine groups is 1. The first-order chi connectivity index (χ1) is 9.49. The lowest BCUT2D eigenvalue weighted by molar-refractivity contribution is -0.120. The minimum atomic E-state index is -0.382. The van der Waals surface area contributed by atoms with Gasteiger partial charge in [-0.2, -0.15) is 0 Å². The zero-order valence-electron chi connectivity index (χ0n) is 11.7. The molecule has 0 spiro atoms. The van der Waals surface area contributed by atoms with Gasteiger partial charge in [-0.1, -0.05) is 17.3 Å². The minimum Gasteiger partial charge on any atom is -0.409 e. The molecule has 1 fully saturated rings. The van der Waals surface area contributed by atoms with Crippen molar-refractivity contribution in [2.24, 2.45) is 10.9 Å². The lowest BCUT2D eigenvalue weighted by atomic mass is 10.0. The summed E-state index contributed by atoms with van der Waals surface area (Å²) in [6.07, 6.45) is 1.94. The summed E-state index contributed by atoms with van der Waals surface area (Å²) in [4.78, 5) is 14.3. The molecule has 1 unspecified atom stereocenters. The molecule has 3 N–H and O–H groups in total. The highest BCUT2D eigenvalue weighted by Gasteiger charge is 2.39. The van der Waals surface area contributed by atoms with Crippen molar-refractivity contribution in [3.63, 3.8) is 0 Å². The number of benzene rings is 1. The maximum Gasteiger partial charge on any atom is 0.242 e. The van der Waals surface area contributed by atoms with Gasteiger partial charge in [-0.3, -0.25) is 4.79 Å². The molecular weight excluding hydrogens is 274 g/mol. The highest BCUT2D eigenvalue weighted by Crippen LogP contribution is 2.40. The molecule has 108 valence electrons. The summed E-state index contributed by atoms with van der Waals surface area (Å²) in [5, 5.41) is 11.9. The second-order valence-electron chi connectivity index (χ2n) is 5.05. The summed E-state index contributed by atoms with van der Waals surface area (Å²) in [6.45, 7) is 1.98. The van der Waals surface area contributed by atoms with Gasteiger partial charge in [0.25, 0.3) is 0 Å². The summed E-state index contributed by atoms with van der Waals surface area (Å²) < 4.78 is -0.382. The summed E-state index contributed by atoms with van der Waals surface area (Å²) in [6, 6.07) is 7.16. The van der Waals surface area contributed by atoms with Gasteiger partial charge in [-0.05, 0) is 37.7 Å². The summed E-state index contributed by atoms with van der Waals surface area (Å²) in [7, 11) is 1.73. The number of anilines is 1. The Kier molecular flexibility index (Phi) is 4.23. The van der Waals surface area contributed by atoms with Crippen molar-refractivity contribution in [1.82, 2.24) is 0 Å². The summed E-state index contributed by atoms with van der Waals surface area (Å²) in [5.74, 6) is 1.07. The average molecular weight is 293 g/mol. The van der Waals surface area contributed by atoms with Gasteiger partial charge in [0.15, 0.2) is 5.84 Å². The van der Waals surface area contributed by atoms with E-state index in [-0.39, 0.29) is 16.5 Å². The van der Waals surface area contributed by atoms with Crippen LogP contribution in [0.5, 0.6) is 0 Å². The van der Waals surface area contributed by atoms with E-state index in [0.29, 0.717) is 11.3 Å². The molecule has 1 heterocycles. The molecule has 6 heteroatoms. The zero-order chi connectivity index (χ0) is 14.8. The molecular formula is C14H19N3O2S. The van der Waals surface area contributed by atoms with E-state index in [1.54, 1.807) is 41.9 Å². The Hall–Kier alpha value is -1.69. The van der Waals surface area contributed by atoms with Crippen LogP contribution in [0.15, 0.2) is 29.4 Å². The molecule has 1 aromatic carbocycles. The molecule has 5 nitrogen and oxygen atoms in total. The summed E-state index contributed by atoms with van der Waals surface area (Å²) in [5.41, 5.74) is 6.88. The van der Waals surface area contributed by atoms with Crippen LogP contribution >= 0.6 is 11.8 Å². The molecule has 0 saturated carbocycles. The highest BCUT2D eigenvalue weighted by molar-refractivity contribution is 8.01. The lowest BCUT2D eigenvalue weighted by Crippen LogP contribution is -2.42. The van der Waals surface area contributed by atoms with E-state index < -0.39 is 0 Å². The number of amides is 1. The van der Waals surface area contributed by atoms with E-state index in [1.165, 1.54) is 0 Å². The van der Waals surface area contributed by atoms with E-state index in [9.17, 15) is 4.79 Å². The summed E-state index contributed by atoms with van der Waals surface area (Å²) >= 11 is 1.69. The van der Waals surface area contributed by atoms with Gasteiger partial charge < -0.3 is 15.8 Å². The van der Waals surface area contributed by atoms with Crippen LogP contribution in [-0.2, 0) is 4.79 Å². The molecule has 0 aliphatic carbocycles. The normalized spacial score (nSPS) is 22.8. The number of carbonyl (C=O) groups excluding carboxylic acids is 1. The Morgan fingerprint density at radius 2 is 2.20 bits per heavy atom. The second-order valence-corrected chi connectivity index (χ2v) is 6.65. The quantitative estimate of drug-likeness (QED) is 0.387. The van der Waals surface area contributed by atoms with Crippen molar-refractivity contribution in [3.8, 4) is 0 Å². The third-order valence-corrected chi connectivity index (χ3v) is 5.13. The van der Waals surface area contributed by atoms with Crippen molar-refractivity contribution in [2.45, 2.75) is 24.5 Å². The minimum absolute atomic E-state index is 0.00415. The van der Waals surface area contributed by atoms with E-state index in [1.807, 2.05) is 13.0 Å². The fraction of sp³-hybridized carbons (Fsp3) is 0.429. The molecule has 1 aliphatic rings. The molecule has 0 bridgehead atoms. The fourth-order valence-corrected chi connectivity index (χ4v) is 3.74. The number of hydrogen-bond acceptors (Lipinski definition) is 4. The van der Waals surface area contributed by atoms with Gasteiger partial charge in [0.2, 0.25) is 5.91 Å². The molecule has 2 rings (SSSR count). The third-order valence-electron chi connectivity index (χ3n) is 3.62. The van der Waals surface area contributed by atoms with E-state index >= 15 is 0 Å². The van der Waals surface area contributed by atoms with Crippen LogP contribution in [0.25, 0.3) is 0 Å². The molecule has 1 aromatic rings. The first kappa shape index (κ1) is 14.7. The molecule has 1 amide bonds. The SMILES string of the molecule is CN(C(=O)C1(C)CCCS1)c1ccccc1/C(N)=N/O. The number of rotatable bonds is 3. The highest BCUT2D eigenvalue weighted by atomic mass is 32.2. The first-order valence-electron chi connectivity index (χ1n) is 6.48. The fourth-order valence-electron chi connectivity index (χ4n) is 2.45. The molecule has 0 aromatic heterocycles. The van der Waals surface area contributed by atoms with Gasteiger partial charge in [0, 0.05) is 12.6 Å². The van der Waals surface area contributed by atoms with E-state index in [4.69, 9.17) is 10.9 Å². The van der Waals surface area contributed by atoms with Gasteiger partial charge >= 0.3 is 0 Å². The van der Waals surface area contributed by atoms with Gasteiger partial charge in [-0.15, -0.1) is 11.8 Å². The number of thioether (sulfide) groups is 1. The number of carbonyl (C=O) groups is 1. The topological polar surface area (TPSA) is 78.9 Å². The van der Waals surface area contributed by atoms with E-state index in [0.717, 1.165) is 18.6 Å². The Balaban J connectivity index is 2.34. The number of nitrogens with two attached hydrogens (primary N) is 1. The smallest absolute Gasteiger partial charge is 0.242 e. The van der Waals surface area contributed by atoms with Crippen LogP contribution in [0.3, 0.4) is 0 Å². The Morgan fingerprint density at radius 1 is 1.50 bits per heavy atom. The van der Waals surface area contributed by atoms with E-state index in [2.05, 4.69) is 5.16 Å². The van der Waals surface area contributed by atoms with Crippen molar-refractivity contribution in [3.05, 3.63) is 29.8 Å². The third kappa shape index (κ3) is 2.60. The van der Waals surface area contributed by atoms with Crippen molar-refractivity contribution >= 4 is 29.2 Å². The van der Waals surface area contributed by atoms with Gasteiger partial charge in [-0.25, -0.2) is 0 Å². The van der Waals surface area contributed by atoms with Crippen molar-refractivity contribution in [1.29, 1.82) is 0 Å². The molecule has 1 saturated heterocycles. The number of nitrogens with zero attached hydrogens (tertiary/aromatic N) is 2. The molecule has 1 atom stereocenters. The van der Waals surface area contributed by atoms with Crippen LogP contribution in [-0.4, -0.2) is 34.5 Å².